The van der Waals surface area contributed by atoms with E-state index in [0.29, 0.717) is 23.7 Å². The number of aromatic nitrogens is 3. The Balaban J connectivity index is 1.04. The second-order valence-electron chi connectivity index (χ2n) is 29.3. The van der Waals surface area contributed by atoms with Crippen LogP contribution in [0.15, 0.2) is 91.0 Å². The first kappa shape index (κ1) is 46.8. The van der Waals surface area contributed by atoms with Crippen molar-refractivity contribution in [2.45, 2.75) is 204 Å². The summed E-state index contributed by atoms with van der Waals surface area (Å²) in [7, 11) is 0. The van der Waals surface area contributed by atoms with Gasteiger partial charge in [0.2, 0.25) is 0 Å². The summed E-state index contributed by atoms with van der Waals surface area (Å²) in [5.74, 6) is 2.49. The molecule has 4 saturated carbocycles. The van der Waals surface area contributed by atoms with Crippen LogP contribution in [0.2, 0.25) is 0 Å². The summed E-state index contributed by atoms with van der Waals surface area (Å²) in [4.78, 5) is 0. The second kappa shape index (κ2) is 16.4. The van der Waals surface area contributed by atoms with Crippen molar-refractivity contribution in [3.63, 3.8) is 0 Å². The molecule has 0 atom stereocenters. The minimum Gasteiger partial charge on any atom is -0.311 e. The number of nitrogens with zero attached hydrogens (tertiary/aromatic N) is 3. The lowest BCUT2D eigenvalue weighted by Crippen LogP contribution is -2.66. The molecule has 4 aliphatic heterocycles. The van der Waals surface area contributed by atoms with Crippen LogP contribution >= 0.6 is 0 Å². The van der Waals surface area contributed by atoms with Crippen molar-refractivity contribution in [1.29, 1.82) is 0 Å². The first-order chi connectivity index (χ1) is 38.5. The number of hydrogen-bond acceptors (Lipinski definition) is 0. The van der Waals surface area contributed by atoms with Gasteiger partial charge in [-0.2, -0.15) is 0 Å². The topological polar surface area (TPSA) is 14.8 Å². The van der Waals surface area contributed by atoms with Crippen molar-refractivity contribution < 1.29 is 0 Å². The van der Waals surface area contributed by atoms with Gasteiger partial charge in [-0.05, 0) is 207 Å². The Morgan fingerprint density at radius 3 is 1.14 bits per heavy atom. The largest absolute Gasteiger partial charge is 0.311 e. The molecule has 7 aromatic carbocycles. The van der Waals surface area contributed by atoms with Crippen molar-refractivity contribution >= 4 is 112 Å². The molecule has 0 bridgehead atoms. The van der Waals surface area contributed by atoms with Crippen molar-refractivity contribution in [2.75, 3.05) is 0 Å². The van der Waals surface area contributed by atoms with Crippen molar-refractivity contribution in [2.24, 2.45) is 0 Å². The average Bonchev–Trinajstić information content (AvgIpc) is 2.25. The highest BCUT2D eigenvalue weighted by Crippen LogP contribution is 2.49. The molecule has 0 unspecified atom stereocenters. The van der Waals surface area contributed by atoms with Crippen molar-refractivity contribution in [3.8, 4) is 17.1 Å². The standard InChI is InChI=1S/C74H77B2N3/c1-73(2,3)50-28-30-63-53(38-50)57-39-51(74(4,5)6)40-61-69(57)78(63)65-41-64-66-72-67(65)76(61)60-37-49(45-25-17-10-18-26-45)34-56-55-33-48(44-23-15-9-16-24-44)36-59(70(55)79(72)71(56)60)75(66)58-35-47(43-21-13-8-14-22-43)32-54-52-31-46(42-19-11-7-12-20-42)27-29-62(52)77(64)68(54)58/h27-45H,7-26H2,1-6H3. The van der Waals surface area contributed by atoms with Gasteiger partial charge in [-0.25, -0.2) is 0 Å². The first-order valence-corrected chi connectivity index (χ1v) is 32.1. The highest BCUT2D eigenvalue weighted by atomic mass is 15.1. The Morgan fingerprint density at radius 1 is 0.329 bits per heavy atom. The van der Waals surface area contributed by atoms with Crippen LogP contribution in [0, 0.1) is 0 Å². The molecule has 18 rings (SSSR count). The molecule has 0 spiro atoms. The number of benzene rings is 7. The molecule has 394 valence electrons. The predicted octanol–water partition coefficient (Wildman–Crippen LogP) is 16.0. The van der Waals surface area contributed by atoms with Gasteiger partial charge < -0.3 is 13.7 Å². The molecule has 0 radical (unpaired) electrons. The minimum absolute atomic E-state index is 0.0268. The maximum atomic E-state index is 2.94. The van der Waals surface area contributed by atoms with Gasteiger partial charge >= 0.3 is 0 Å². The lowest BCUT2D eigenvalue weighted by Gasteiger charge is -2.42. The van der Waals surface area contributed by atoms with E-state index in [1.54, 1.807) is 49.6 Å². The van der Waals surface area contributed by atoms with Crippen LogP contribution in [0.4, 0.5) is 0 Å². The van der Waals surface area contributed by atoms with Gasteiger partial charge in [-0.15, -0.1) is 0 Å². The molecule has 0 saturated heterocycles. The summed E-state index contributed by atoms with van der Waals surface area (Å²) in [5, 5.41) is 8.88. The van der Waals surface area contributed by atoms with E-state index in [4.69, 9.17) is 0 Å². The SMILES string of the molecule is CC(C)(C)c1ccc2c(c1)c1cc(C(C)(C)C)cc3c1n2-c1cc2c4c5c1B3c1cc(C3CCCCC3)cc3c6cc(C7CCCCC7)cc(c6n-5c13)B4c1cc(C3CCCCC3)cc3c4cc(C5CCCCC5)ccc4n-2c13. The van der Waals surface area contributed by atoms with E-state index in [9.17, 15) is 0 Å². The summed E-state index contributed by atoms with van der Waals surface area (Å²) in [5.41, 5.74) is 31.6. The molecular formula is C74H77B2N3. The predicted molar refractivity (Wildman–Crippen MR) is 339 cm³/mol. The lowest BCUT2D eigenvalue weighted by molar-refractivity contribution is 0.444. The van der Waals surface area contributed by atoms with E-state index in [1.165, 1.54) is 227 Å². The quantitative estimate of drug-likeness (QED) is 0.156. The summed E-state index contributed by atoms with van der Waals surface area (Å²) in [6.45, 7) is 14.8. The number of rotatable bonds is 4. The fraction of sp³-hybridized carbons (Fsp3) is 0.432. The Labute approximate surface area is 468 Å². The van der Waals surface area contributed by atoms with Crippen molar-refractivity contribution in [1.82, 2.24) is 13.7 Å². The van der Waals surface area contributed by atoms with E-state index < -0.39 is 0 Å². The molecule has 79 heavy (non-hydrogen) atoms. The van der Waals surface area contributed by atoms with E-state index in [2.05, 4.69) is 146 Å². The maximum Gasteiger partial charge on any atom is 0.252 e. The molecule has 4 fully saturated rings. The highest BCUT2D eigenvalue weighted by molar-refractivity contribution is 7.04. The van der Waals surface area contributed by atoms with Crippen LogP contribution in [-0.2, 0) is 10.8 Å². The number of hydrogen-bond donors (Lipinski definition) is 0. The molecule has 10 aromatic rings. The normalized spacial score (nSPS) is 19.5. The fourth-order valence-electron chi connectivity index (χ4n) is 18.8. The van der Waals surface area contributed by atoms with Gasteiger partial charge in [0.15, 0.2) is 0 Å². The molecule has 3 nitrogen and oxygen atoms in total. The summed E-state index contributed by atoms with van der Waals surface area (Å²) in [6.07, 6.45) is 26.8. The zero-order valence-electron chi connectivity index (χ0n) is 48.1. The maximum absolute atomic E-state index is 2.94. The van der Waals surface area contributed by atoms with Gasteiger partial charge in [-0.3, -0.25) is 0 Å². The smallest absolute Gasteiger partial charge is 0.252 e. The van der Waals surface area contributed by atoms with Crippen LogP contribution in [0.1, 0.15) is 227 Å². The van der Waals surface area contributed by atoms with Gasteiger partial charge in [0.25, 0.3) is 13.4 Å². The van der Waals surface area contributed by atoms with E-state index in [0.717, 1.165) is 0 Å². The third-order valence-electron chi connectivity index (χ3n) is 22.8. The van der Waals surface area contributed by atoms with Crippen LogP contribution in [-0.4, -0.2) is 27.1 Å². The summed E-state index contributed by atoms with van der Waals surface area (Å²) < 4.78 is 8.59. The zero-order valence-corrected chi connectivity index (χ0v) is 48.1. The Morgan fingerprint density at radius 2 is 0.684 bits per heavy atom. The average molecular weight is 1030 g/mol. The lowest BCUT2D eigenvalue weighted by atomic mass is 9.30. The van der Waals surface area contributed by atoms with Gasteiger partial charge in [0, 0.05) is 71.4 Å². The van der Waals surface area contributed by atoms with Gasteiger partial charge in [-0.1, -0.05) is 155 Å². The number of fused-ring (bicyclic) bond motifs is 13. The fourth-order valence-corrected chi connectivity index (χ4v) is 18.8. The summed E-state index contributed by atoms with van der Waals surface area (Å²) >= 11 is 0. The first-order valence-electron chi connectivity index (χ1n) is 32.1. The van der Waals surface area contributed by atoms with Crippen LogP contribution in [0.3, 0.4) is 0 Å². The molecule has 8 aliphatic rings. The molecule has 7 heterocycles. The Kier molecular flexibility index (Phi) is 9.70. The molecule has 3 aromatic heterocycles. The third-order valence-corrected chi connectivity index (χ3v) is 22.8. The molecule has 5 heteroatoms. The third kappa shape index (κ3) is 6.35. The van der Waals surface area contributed by atoms with E-state index >= 15 is 0 Å². The summed E-state index contributed by atoms with van der Waals surface area (Å²) in [6, 6.07) is 40.3. The van der Waals surface area contributed by atoms with E-state index in [-0.39, 0.29) is 24.3 Å². The van der Waals surface area contributed by atoms with E-state index in [1.807, 2.05) is 0 Å². The van der Waals surface area contributed by atoms with Crippen LogP contribution in [0.25, 0.3) is 82.5 Å². The van der Waals surface area contributed by atoms with Gasteiger partial charge in [0.1, 0.15) is 0 Å². The minimum atomic E-state index is -0.0268. The highest BCUT2D eigenvalue weighted by Gasteiger charge is 2.50. The van der Waals surface area contributed by atoms with Gasteiger partial charge in [0.05, 0.1) is 11.0 Å². The Bertz CT molecular complexity index is 4320. The van der Waals surface area contributed by atoms with Crippen molar-refractivity contribution in [3.05, 3.63) is 124 Å². The van der Waals surface area contributed by atoms with Crippen LogP contribution in [0.5, 0.6) is 0 Å². The Hall–Kier alpha value is -5.93. The molecular weight excluding hydrogens is 952 g/mol. The molecule has 0 amide bonds. The monoisotopic (exact) mass is 1030 g/mol. The molecule has 0 N–H and O–H groups in total. The zero-order chi connectivity index (χ0) is 52.5. The molecule has 4 aliphatic carbocycles. The second-order valence-corrected chi connectivity index (χ2v) is 29.3. The van der Waals surface area contributed by atoms with Crippen LogP contribution < -0.4 is 32.8 Å².